The van der Waals surface area contributed by atoms with Gasteiger partial charge in [-0.1, -0.05) is 75.9 Å². The average molecular weight is 466 g/mol. The van der Waals surface area contributed by atoms with Crippen LogP contribution in [0.1, 0.15) is 18.1 Å². The van der Waals surface area contributed by atoms with E-state index < -0.39 is 9.17 Å². The van der Waals surface area contributed by atoms with Gasteiger partial charge in [0.2, 0.25) is 3.79 Å². The zero-order chi connectivity index (χ0) is 20.2. The number of nitrogens with zero attached hydrogens (tertiary/aromatic N) is 1. The van der Waals surface area contributed by atoms with E-state index in [2.05, 4.69) is 5.32 Å². The molecule has 3 nitrogen and oxygen atoms in total. The highest BCUT2D eigenvalue weighted by Gasteiger charge is 2.40. The topological polar surface area (TPSA) is 32.3 Å². The van der Waals surface area contributed by atoms with Crippen molar-refractivity contribution in [3.05, 3.63) is 58.6 Å². The number of urea groups is 1. The number of thioether (sulfide) groups is 1. The lowest BCUT2D eigenvalue weighted by atomic mass is 10.2. The summed E-state index contributed by atoms with van der Waals surface area (Å²) in [6.45, 7) is 6.08. The predicted octanol–water partition coefficient (Wildman–Crippen LogP) is 7.30. The Morgan fingerprint density at radius 2 is 1.78 bits per heavy atom. The molecule has 1 N–H and O–H groups in total. The molecule has 0 bridgehead atoms. The zero-order valence-corrected chi connectivity index (χ0v) is 18.9. The number of benzene rings is 2. The second-order valence-electron chi connectivity index (χ2n) is 6.00. The van der Waals surface area contributed by atoms with Gasteiger partial charge in [0.05, 0.1) is 0 Å². The molecule has 2 amide bonds. The summed E-state index contributed by atoms with van der Waals surface area (Å²) in [5.74, 6) is 0. The molecule has 27 heavy (non-hydrogen) atoms. The van der Waals surface area contributed by atoms with E-state index in [1.165, 1.54) is 16.7 Å². The SMILES string of the molecule is CCN(C(=O)Nc1ccc(Cl)cc1C)C(Sc1ccc(C)cc1)C(Cl)(Cl)Cl. The number of hydrogen-bond acceptors (Lipinski definition) is 2. The van der Waals surface area contributed by atoms with Crippen LogP contribution in [0.3, 0.4) is 0 Å². The Kier molecular flexibility index (Phi) is 8.02. The lowest BCUT2D eigenvalue weighted by Gasteiger charge is -2.35. The van der Waals surface area contributed by atoms with Gasteiger partial charge in [-0.05, 0) is 56.7 Å². The molecule has 0 saturated carbocycles. The molecule has 0 aliphatic carbocycles. The normalized spacial score (nSPS) is 12.6. The molecule has 0 aromatic heterocycles. The fourth-order valence-corrected chi connectivity index (χ4v) is 4.46. The fraction of sp³-hybridized carbons (Fsp3) is 0.316. The number of nitrogens with one attached hydrogen (secondary N) is 1. The highest BCUT2D eigenvalue weighted by molar-refractivity contribution is 8.00. The van der Waals surface area contributed by atoms with Gasteiger partial charge in [-0.3, -0.25) is 0 Å². The standard InChI is InChI=1S/C19H20Cl4N2OS/c1-4-25(18(26)24-16-10-7-14(20)11-13(16)3)17(19(21,22)23)27-15-8-5-12(2)6-9-15/h5-11,17H,4H2,1-3H3,(H,24,26). The molecule has 8 heteroatoms. The maximum absolute atomic E-state index is 12.9. The van der Waals surface area contributed by atoms with Gasteiger partial charge in [0.15, 0.2) is 0 Å². The number of amides is 2. The third-order valence-corrected chi connectivity index (χ3v) is 6.48. The first-order valence-corrected chi connectivity index (χ1v) is 10.6. The molecular weight excluding hydrogens is 446 g/mol. The van der Waals surface area contributed by atoms with Gasteiger partial charge < -0.3 is 10.2 Å². The molecular formula is C19H20Cl4N2OS. The highest BCUT2D eigenvalue weighted by Crippen LogP contribution is 2.42. The summed E-state index contributed by atoms with van der Waals surface area (Å²) < 4.78 is -1.67. The molecule has 0 heterocycles. The van der Waals surface area contributed by atoms with Crippen LogP contribution in [0.25, 0.3) is 0 Å². The van der Waals surface area contributed by atoms with Crippen molar-refractivity contribution in [2.45, 2.75) is 34.8 Å². The molecule has 1 atom stereocenters. The van der Waals surface area contributed by atoms with Gasteiger partial charge in [0.25, 0.3) is 0 Å². The Labute approximate surface area is 184 Å². The fourth-order valence-electron chi connectivity index (χ4n) is 2.42. The van der Waals surface area contributed by atoms with Gasteiger partial charge in [0.1, 0.15) is 5.37 Å². The highest BCUT2D eigenvalue weighted by atomic mass is 35.6. The van der Waals surface area contributed by atoms with E-state index in [1.54, 1.807) is 18.2 Å². The molecule has 146 valence electrons. The van der Waals surface area contributed by atoms with Crippen molar-refractivity contribution < 1.29 is 4.79 Å². The molecule has 0 spiro atoms. The van der Waals surface area contributed by atoms with Crippen LogP contribution in [0.15, 0.2) is 47.4 Å². The van der Waals surface area contributed by atoms with E-state index in [0.29, 0.717) is 17.3 Å². The Bertz CT molecular complexity index is 793. The van der Waals surface area contributed by atoms with Gasteiger partial charge in [0, 0.05) is 22.2 Å². The third-order valence-electron chi connectivity index (χ3n) is 3.86. The number of carbonyl (C=O) groups excluding carboxylic acids is 1. The van der Waals surface area contributed by atoms with Crippen molar-refractivity contribution >= 4 is 69.9 Å². The summed E-state index contributed by atoms with van der Waals surface area (Å²) in [4.78, 5) is 15.3. The Balaban J connectivity index is 2.25. The number of carbonyl (C=O) groups is 1. The summed E-state index contributed by atoms with van der Waals surface area (Å²) in [6, 6.07) is 12.7. The minimum Gasteiger partial charge on any atom is -0.308 e. The summed E-state index contributed by atoms with van der Waals surface area (Å²) >= 11 is 26.0. The number of aryl methyl sites for hydroxylation is 2. The van der Waals surface area contributed by atoms with Crippen LogP contribution in [0.4, 0.5) is 10.5 Å². The van der Waals surface area contributed by atoms with Crippen molar-refractivity contribution in [1.29, 1.82) is 0 Å². The molecule has 2 aromatic rings. The first-order chi connectivity index (χ1) is 12.6. The van der Waals surface area contributed by atoms with Gasteiger partial charge in [-0.25, -0.2) is 4.79 Å². The van der Waals surface area contributed by atoms with E-state index in [1.807, 2.05) is 45.0 Å². The number of rotatable bonds is 5. The van der Waals surface area contributed by atoms with E-state index >= 15 is 0 Å². The summed E-state index contributed by atoms with van der Waals surface area (Å²) in [6.07, 6.45) is 0. The van der Waals surface area contributed by atoms with Crippen LogP contribution in [0.2, 0.25) is 5.02 Å². The van der Waals surface area contributed by atoms with Crippen molar-refractivity contribution in [3.63, 3.8) is 0 Å². The second kappa shape index (κ2) is 9.62. The minimum absolute atomic E-state index is 0.348. The smallest absolute Gasteiger partial charge is 0.308 e. The van der Waals surface area contributed by atoms with Crippen molar-refractivity contribution in [1.82, 2.24) is 4.90 Å². The third kappa shape index (κ3) is 6.37. The van der Waals surface area contributed by atoms with Crippen LogP contribution in [0.5, 0.6) is 0 Å². The Morgan fingerprint density at radius 3 is 2.30 bits per heavy atom. The summed E-state index contributed by atoms with van der Waals surface area (Å²) in [7, 11) is 0. The van der Waals surface area contributed by atoms with Crippen LogP contribution in [-0.4, -0.2) is 26.6 Å². The van der Waals surface area contributed by atoms with Crippen LogP contribution in [0, 0.1) is 13.8 Å². The lowest BCUT2D eigenvalue weighted by Crippen LogP contribution is -2.47. The molecule has 0 aliphatic rings. The molecule has 0 radical (unpaired) electrons. The molecule has 0 saturated heterocycles. The zero-order valence-electron chi connectivity index (χ0n) is 15.1. The van der Waals surface area contributed by atoms with Gasteiger partial charge in [-0.2, -0.15) is 0 Å². The second-order valence-corrected chi connectivity index (χ2v) is 9.96. The number of hydrogen-bond donors (Lipinski definition) is 1. The number of halogens is 4. The van der Waals surface area contributed by atoms with Gasteiger partial charge in [-0.15, -0.1) is 0 Å². The first-order valence-electron chi connectivity index (χ1n) is 8.25. The van der Waals surface area contributed by atoms with Crippen molar-refractivity contribution in [2.24, 2.45) is 0 Å². The van der Waals surface area contributed by atoms with Crippen LogP contribution >= 0.6 is 58.2 Å². The van der Waals surface area contributed by atoms with E-state index in [0.717, 1.165) is 16.0 Å². The first kappa shape index (κ1) is 22.5. The minimum atomic E-state index is -1.67. The van der Waals surface area contributed by atoms with Crippen LogP contribution in [-0.2, 0) is 0 Å². The van der Waals surface area contributed by atoms with Gasteiger partial charge >= 0.3 is 6.03 Å². The monoisotopic (exact) mass is 464 g/mol. The summed E-state index contributed by atoms with van der Waals surface area (Å²) in [5.41, 5.74) is 2.64. The Hall–Kier alpha value is -0.780. The van der Waals surface area contributed by atoms with E-state index in [-0.39, 0.29) is 6.03 Å². The van der Waals surface area contributed by atoms with Crippen molar-refractivity contribution in [2.75, 3.05) is 11.9 Å². The maximum Gasteiger partial charge on any atom is 0.322 e. The Morgan fingerprint density at radius 1 is 1.15 bits per heavy atom. The molecule has 1 unspecified atom stereocenters. The number of anilines is 1. The molecule has 0 fully saturated rings. The van der Waals surface area contributed by atoms with E-state index in [4.69, 9.17) is 46.4 Å². The number of alkyl halides is 3. The summed E-state index contributed by atoms with van der Waals surface area (Å²) in [5, 5.41) is 2.77. The van der Waals surface area contributed by atoms with Crippen LogP contribution < -0.4 is 5.32 Å². The maximum atomic E-state index is 12.9. The molecule has 2 rings (SSSR count). The van der Waals surface area contributed by atoms with Crippen molar-refractivity contribution in [3.8, 4) is 0 Å². The quantitative estimate of drug-likeness (QED) is 0.285. The molecule has 2 aromatic carbocycles. The largest absolute Gasteiger partial charge is 0.322 e. The average Bonchev–Trinajstić information content (AvgIpc) is 2.58. The predicted molar refractivity (Wildman–Crippen MR) is 119 cm³/mol. The molecule has 0 aliphatic heterocycles. The lowest BCUT2D eigenvalue weighted by molar-refractivity contribution is 0.210. The van der Waals surface area contributed by atoms with E-state index in [9.17, 15) is 4.79 Å².